The van der Waals surface area contributed by atoms with E-state index in [1.807, 2.05) is 18.2 Å². The molecule has 0 bridgehead atoms. The minimum Gasteiger partial charge on any atom is -0.423 e. The van der Waals surface area contributed by atoms with E-state index in [1.165, 1.54) is 6.42 Å². The first-order chi connectivity index (χ1) is 8.81. The van der Waals surface area contributed by atoms with Crippen LogP contribution in [0.5, 0.6) is 0 Å². The standard InChI is InChI=1S/C13H14ClN3O.ClH/c14-9-1-2-12-10(5-9)16-13(18-12)17-7-8-3-4-15-6-11(8)17;/h1-2,5,8,11,15H,3-4,6-7H2;1H. The molecule has 0 radical (unpaired) electrons. The van der Waals surface area contributed by atoms with Gasteiger partial charge < -0.3 is 14.6 Å². The highest BCUT2D eigenvalue weighted by atomic mass is 35.5. The number of benzene rings is 1. The van der Waals surface area contributed by atoms with Crippen molar-refractivity contribution in [2.24, 2.45) is 5.92 Å². The van der Waals surface area contributed by atoms with Gasteiger partial charge in [-0.1, -0.05) is 11.6 Å². The van der Waals surface area contributed by atoms with E-state index >= 15 is 0 Å². The molecule has 2 unspecified atom stereocenters. The average molecular weight is 300 g/mol. The molecule has 0 spiro atoms. The van der Waals surface area contributed by atoms with Gasteiger partial charge >= 0.3 is 0 Å². The summed E-state index contributed by atoms with van der Waals surface area (Å²) in [7, 11) is 0. The smallest absolute Gasteiger partial charge is 0.298 e. The summed E-state index contributed by atoms with van der Waals surface area (Å²) in [5.74, 6) is 0.796. The molecule has 4 rings (SSSR count). The number of fused-ring (bicyclic) bond motifs is 2. The number of hydrogen-bond donors (Lipinski definition) is 1. The Labute approximate surface area is 122 Å². The molecule has 6 heteroatoms. The highest BCUT2D eigenvalue weighted by molar-refractivity contribution is 6.31. The number of oxazole rings is 1. The Morgan fingerprint density at radius 2 is 2.32 bits per heavy atom. The molecular weight excluding hydrogens is 285 g/mol. The highest BCUT2D eigenvalue weighted by Gasteiger charge is 2.42. The van der Waals surface area contributed by atoms with Crippen molar-refractivity contribution in [2.45, 2.75) is 12.5 Å². The van der Waals surface area contributed by atoms with E-state index in [2.05, 4.69) is 15.2 Å². The molecule has 1 aromatic carbocycles. The van der Waals surface area contributed by atoms with Gasteiger partial charge in [0.1, 0.15) is 5.52 Å². The molecule has 2 fully saturated rings. The van der Waals surface area contributed by atoms with E-state index in [1.54, 1.807) is 0 Å². The molecule has 0 saturated carbocycles. The fraction of sp³-hybridized carbons (Fsp3) is 0.462. The van der Waals surface area contributed by atoms with Gasteiger partial charge in [-0.05, 0) is 37.1 Å². The first-order valence-electron chi connectivity index (χ1n) is 6.35. The van der Waals surface area contributed by atoms with Gasteiger partial charge in [0.25, 0.3) is 6.01 Å². The van der Waals surface area contributed by atoms with Crippen molar-refractivity contribution in [1.29, 1.82) is 0 Å². The maximum absolute atomic E-state index is 5.96. The van der Waals surface area contributed by atoms with E-state index in [0.717, 1.165) is 42.7 Å². The molecule has 3 heterocycles. The number of nitrogens with one attached hydrogen (secondary N) is 1. The van der Waals surface area contributed by atoms with Crippen molar-refractivity contribution >= 4 is 41.1 Å². The van der Waals surface area contributed by atoms with Gasteiger partial charge in [-0.15, -0.1) is 12.4 Å². The van der Waals surface area contributed by atoms with Gasteiger partial charge in [-0.25, -0.2) is 0 Å². The first-order valence-corrected chi connectivity index (χ1v) is 6.72. The lowest BCUT2D eigenvalue weighted by molar-refractivity contribution is 0.217. The topological polar surface area (TPSA) is 41.3 Å². The highest BCUT2D eigenvalue weighted by Crippen LogP contribution is 2.35. The Balaban J connectivity index is 0.00000110. The van der Waals surface area contributed by atoms with Crippen molar-refractivity contribution in [3.63, 3.8) is 0 Å². The van der Waals surface area contributed by atoms with Crippen LogP contribution in [-0.4, -0.2) is 30.7 Å². The molecule has 0 amide bonds. The zero-order valence-corrected chi connectivity index (χ0v) is 11.9. The minimum absolute atomic E-state index is 0. The normalized spacial score (nSPS) is 25.6. The Hall–Kier alpha value is -0.970. The summed E-state index contributed by atoms with van der Waals surface area (Å²) in [4.78, 5) is 6.79. The quantitative estimate of drug-likeness (QED) is 0.879. The van der Waals surface area contributed by atoms with Crippen molar-refractivity contribution < 1.29 is 4.42 Å². The second-order valence-electron chi connectivity index (χ2n) is 5.08. The van der Waals surface area contributed by atoms with Crippen molar-refractivity contribution in [3.05, 3.63) is 23.2 Å². The van der Waals surface area contributed by atoms with E-state index in [0.29, 0.717) is 11.1 Å². The molecule has 4 nitrogen and oxygen atoms in total. The van der Waals surface area contributed by atoms with Crippen molar-refractivity contribution in [2.75, 3.05) is 24.5 Å². The zero-order chi connectivity index (χ0) is 12.1. The Kier molecular flexibility index (Phi) is 3.33. The van der Waals surface area contributed by atoms with E-state index in [9.17, 15) is 0 Å². The molecule has 1 N–H and O–H groups in total. The molecule has 1 aromatic heterocycles. The number of rotatable bonds is 1. The van der Waals surface area contributed by atoms with E-state index in [-0.39, 0.29) is 12.4 Å². The summed E-state index contributed by atoms with van der Waals surface area (Å²) < 4.78 is 5.80. The second-order valence-corrected chi connectivity index (χ2v) is 5.52. The van der Waals surface area contributed by atoms with Crippen LogP contribution in [0.25, 0.3) is 11.1 Å². The number of anilines is 1. The summed E-state index contributed by atoms with van der Waals surface area (Å²) in [6.45, 7) is 3.23. The molecular formula is C13H15Cl2N3O. The third-order valence-corrected chi connectivity index (χ3v) is 4.24. The summed E-state index contributed by atoms with van der Waals surface area (Å²) >= 11 is 5.96. The van der Waals surface area contributed by atoms with Crippen LogP contribution in [0.1, 0.15) is 6.42 Å². The summed E-state index contributed by atoms with van der Waals surface area (Å²) in [6.07, 6.45) is 1.26. The number of nitrogens with zero attached hydrogens (tertiary/aromatic N) is 2. The SMILES string of the molecule is Cl.Clc1ccc2oc(N3CC4CCNCC43)nc2c1. The Morgan fingerprint density at radius 3 is 3.16 bits per heavy atom. The lowest BCUT2D eigenvalue weighted by atomic mass is 9.83. The van der Waals surface area contributed by atoms with Crippen molar-refractivity contribution in [3.8, 4) is 0 Å². The van der Waals surface area contributed by atoms with Crippen LogP contribution >= 0.6 is 24.0 Å². The molecule has 2 aliphatic rings. The van der Waals surface area contributed by atoms with Crippen LogP contribution in [0.4, 0.5) is 6.01 Å². The monoisotopic (exact) mass is 299 g/mol. The predicted molar refractivity (Wildman–Crippen MR) is 78.4 cm³/mol. The summed E-state index contributed by atoms with van der Waals surface area (Å²) in [5, 5.41) is 4.12. The van der Waals surface area contributed by atoms with Crippen LogP contribution in [0.2, 0.25) is 5.02 Å². The fourth-order valence-corrected chi connectivity index (χ4v) is 3.12. The maximum Gasteiger partial charge on any atom is 0.298 e. The summed E-state index contributed by atoms with van der Waals surface area (Å²) in [6, 6.07) is 6.84. The Bertz CT molecular complexity index is 601. The van der Waals surface area contributed by atoms with Crippen LogP contribution in [0.3, 0.4) is 0 Å². The molecule has 2 aromatic rings. The minimum atomic E-state index is 0. The van der Waals surface area contributed by atoms with Crippen LogP contribution in [0, 0.1) is 5.92 Å². The van der Waals surface area contributed by atoms with Crippen molar-refractivity contribution in [1.82, 2.24) is 10.3 Å². The van der Waals surface area contributed by atoms with Gasteiger partial charge in [0.2, 0.25) is 0 Å². The number of hydrogen-bond acceptors (Lipinski definition) is 4. The van der Waals surface area contributed by atoms with Crippen LogP contribution in [0.15, 0.2) is 22.6 Å². The molecule has 0 aliphatic carbocycles. The second kappa shape index (κ2) is 4.85. The molecule has 102 valence electrons. The largest absolute Gasteiger partial charge is 0.423 e. The van der Waals surface area contributed by atoms with E-state index < -0.39 is 0 Å². The van der Waals surface area contributed by atoms with Gasteiger partial charge in [-0.3, -0.25) is 0 Å². The lowest BCUT2D eigenvalue weighted by Gasteiger charge is -2.50. The third kappa shape index (κ3) is 2.08. The van der Waals surface area contributed by atoms with E-state index in [4.69, 9.17) is 16.0 Å². The Morgan fingerprint density at radius 1 is 1.42 bits per heavy atom. The summed E-state index contributed by atoms with van der Waals surface area (Å²) in [5.41, 5.74) is 1.64. The number of halogens is 2. The average Bonchev–Trinajstić information content (AvgIpc) is 2.73. The lowest BCUT2D eigenvalue weighted by Crippen LogP contribution is -2.63. The molecule has 2 aliphatic heterocycles. The molecule has 2 atom stereocenters. The number of aromatic nitrogens is 1. The first kappa shape index (κ1) is 13.0. The van der Waals surface area contributed by atoms with Gasteiger partial charge in [0.15, 0.2) is 5.58 Å². The number of piperidine rings is 1. The maximum atomic E-state index is 5.96. The van der Waals surface area contributed by atoms with Crippen LogP contribution in [-0.2, 0) is 0 Å². The van der Waals surface area contributed by atoms with Gasteiger partial charge in [-0.2, -0.15) is 4.98 Å². The molecule has 2 saturated heterocycles. The molecule has 19 heavy (non-hydrogen) atoms. The predicted octanol–water partition coefficient (Wildman–Crippen LogP) is 2.70. The van der Waals surface area contributed by atoms with Crippen LogP contribution < -0.4 is 10.2 Å². The third-order valence-electron chi connectivity index (χ3n) is 4.01. The zero-order valence-electron chi connectivity index (χ0n) is 10.3. The van der Waals surface area contributed by atoms with Gasteiger partial charge in [0.05, 0.1) is 6.04 Å². The fourth-order valence-electron chi connectivity index (χ4n) is 2.96. The van der Waals surface area contributed by atoms with Gasteiger partial charge in [0, 0.05) is 18.1 Å².